The van der Waals surface area contributed by atoms with E-state index in [0.29, 0.717) is 5.92 Å². The summed E-state index contributed by atoms with van der Waals surface area (Å²) in [6, 6.07) is 10.5. The van der Waals surface area contributed by atoms with Gasteiger partial charge in [0.25, 0.3) is 0 Å². The lowest BCUT2D eigenvalue weighted by molar-refractivity contribution is 0.171. The van der Waals surface area contributed by atoms with Crippen LogP contribution in [0.3, 0.4) is 0 Å². The standard InChI is InChI=1S/C21H26BrN/c22-14-13-16-1-5-18(6-2-16)20-9-11-21(12-10-20)19-7-3-17(15-23)4-8-19/h3-4,7-8,13-14,16,18,20-21H,1-2,5-6,9-12H2/b14-13+/t16-,18-,20?,21?. The van der Waals surface area contributed by atoms with E-state index in [2.05, 4.69) is 40.2 Å². The zero-order chi connectivity index (χ0) is 16.1. The summed E-state index contributed by atoms with van der Waals surface area (Å²) in [4.78, 5) is 2.04. The van der Waals surface area contributed by atoms with Crippen molar-refractivity contribution in [2.24, 2.45) is 17.8 Å². The molecule has 0 aliphatic heterocycles. The molecular formula is C21H26BrN. The minimum atomic E-state index is 0.715. The summed E-state index contributed by atoms with van der Waals surface area (Å²) in [6.07, 6.45) is 13.4. The van der Waals surface area contributed by atoms with Crippen molar-refractivity contribution in [1.29, 1.82) is 5.26 Å². The highest BCUT2D eigenvalue weighted by molar-refractivity contribution is 9.11. The average molecular weight is 372 g/mol. The van der Waals surface area contributed by atoms with Gasteiger partial charge in [0.05, 0.1) is 11.6 Å². The summed E-state index contributed by atoms with van der Waals surface area (Å²) >= 11 is 3.42. The van der Waals surface area contributed by atoms with Gasteiger partial charge in [-0.1, -0.05) is 34.1 Å². The number of hydrogen-bond acceptors (Lipinski definition) is 1. The number of benzene rings is 1. The summed E-state index contributed by atoms with van der Waals surface area (Å²) in [5.41, 5.74) is 2.21. The van der Waals surface area contributed by atoms with Crippen LogP contribution in [0, 0.1) is 29.1 Å². The summed E-state index contributed by atoms with van der Waals surface area (Å²) in [5, 5.41) is 8.91. The molecule has 0 bridgehead atoms. The first kappa shape index (κ1) is 16.8. The van der Waals surface area contributed by atoms with E-state index in [4.69, 9.17) is 5.26 Å². The van der Waals surface area contributed by atoms with Crippen molar-refractivity contribution in [1.82, 2.24) is 0 Å². The molecule has 2 saturated carbocycles. The molecule has 23 heavy (non-hydrogen) atoms. The highest BCUT2D eigenvalue weighted by Crippen LogP contribution is 2.44. The fourth-order valence-corrected chi connectivity index (χ4v) is 5.10. The summed E-state index contributed by atoms with van der Waals surface area (Å²) in [6.45, 7) is 0. The lowest BCUT2D eigenvalue weighted by atomic mass is 9.68. The highest BCUT2D eigenvalue weighted by Gasteiger charge is 2.30. The molecule has 0 spiro atoms. The molecule has 1 aromatic rings. The summed E-state index contributed by atoms with van der Waals surface area (Å²) < 4.78 is 0. The molecule has 2 aliphatic rings. The highest BCUT2D eigenvalue weighted by atomic mass is 79.9. The zero-order valence-corrected chi connectivity index (χ0v) is 15.3. The first-order chi connectivity index (χ1) is 11.3. The van der Waals surface area contributed by atoms with Crippen molar-refractivity contribution in [3.63, 3.8) is 0 Å². The van der Waals surface area contributed by atoms with E-state index in [1.54, 1.807) is 0 Å². The molecule has 122 valence electrons. The van der Waals surface area contributed by atoms with Crippen LogP contribution >= 0.6 is 15.9 Å². The number of nitrogens with zero attached hydrogens (tertiary/aromatic N) is 1. The van der Waals surface area contributed by atoms with Crippen LogP contribution in [0.25, 0.3) is 0 Å². The van der Waals surface area contributed by atoms with Gasteiger partial charge in [-0.05, 0) is 97.7 Å². The van der Waals surface area contributed by atoms with E-state index in [9.17, 15) is 0 Å². The summed E-state index contributed by atoms with van der Waals surface area (Å²) in [7, 11) is 0. The molecule has 1 aromatic carbocycles. The Balaban J connectivity index is 1.49. The van der Waals surface area contributed by atoms with E-state index >= 15 is 0 Å². The van der Waals surface area contributed by atoms with Gasteiger partial charge >= 0.3 is 0 Å². The zero-order valence-electron chi connectivity index (χ0n) is 13.8. The second-order valence-corrected chi connectivity index (χ2v) is 7.87. The molecule has 3 rings (SSSR count). The van der Waals surface area contributed by atoms with Crippen molar-refractivity contribution >= 4 is 15.9 Å². The molecule has 0 heterocycles. The molecule has 2 heteroatoms. The average Bonchev–Trinajstić information content (AvgIpc) is 2.63. The second kappa shape index (κ2) is 8.15. The Kier molecular flexibility index (Phi) is 5.95. The Hall–Kier alpha value is -1.07. The van der Waals surface area contributed by atoms with E-state index in [0.717, 1.165) is 23.3 Å². The Morgan fingerprint density at radius 2 is 1.43 bits per heavy atom. The van der Waals surface area contributed by atoms with Crippen LogP contribution in [-0.2, 0) is 0 Å². The monoisotopic (exact) mass is 371 g/mol. The Labute approximate surface area is 148 Å². The smallest absolute Gasteiger partial charge is 0.0991 e. The minimum Gasteiger partial charge on any atom is -0.192 e. The first-order valence-corrected chi connectivity index (χ1v) is 9.98. The van der Waals surface area contributed by atoms with Crippen molar-refractivity contribution in [2.45, 2.75) is 57.3 Å². The van der Waals surface area contributed by atoms with Crippen LogP contribution < -0.4 is 0 Å². The maximum Gasteiger partial charge on any atom is 0.0991 e. The van der Waals surface area contributed by atoms with E-state index in [1.807, 2.05) is 17.1 Å². The van der Waals surface area contributed by atoms with Crippen molar-refractivity contribution in [3.05, 3.63) is 46.5 Å². The van der Waals surface area contributed by atoms with Gasteiger partial charge in [0.1, 0.15) is 0 Å². The molecule has 0 amide bonds. The Morgan fingerprint density at radius 1 is 0.870 bits per heavy atom. The molecule has 0 atom stereocenters. The molecule has 1 nitrogen and oxygen atoms in total. The number of nitriles is 1. The van der Waals surface area contributed by atoms with Crippen LogP contribution in [-0.4, -0.2) is 0 Å². The van der Waals surface area contributed by atoms with E-state index in [-0.39, 0.29) is 0 Å². The van der Waals surface area contributed by atoms with Crippen molar-refractivity contribution < 1.29 is 0 Å². The molecule has 0 radical (unpaired) electrons. The maximum atomic E-state index is 8.91. The van der Waals surface area contributed by atoms with Gasteiger partial charge in [0.2, 0.25) is 0 Å². The maximum absolute atomic E-state index is 8.91. The quantitative estimate of drug-likeness (QED) is 0.590. The van der Waals surface area contributed by atoms with Gasteiger partial charge in [-0.25, -0.2) is 0 Å². The molecule has 0 aromatic heterocycles. The molecule has 0 N–H and O–H groups in total. The summed E-state index contributed by atoms with van der Waals surface area (Å²) in [5.74, 6) is 3.45. The normalized spacial score (nSPS) is 31.8. The van der Waals surface area contributed by atoms with Gasteiger partial charge in [-0.3, -0.25) is 0 Å². The number of halogens is 1. The van der Waals surface area contributed by atoms with Crippen molar-refractivity contribution in [3.8, 4) is 6.07 Å². The van der Waals surface area contributed by atoms with Crippen LogP contribution in [0.5, 0.6) is 0 Å². The number of hydrogen-bond donors (Lipinski definition) is 0. The topological polar surface area (TPSA) is 23.8 Å². The fraction of sp³-hybridized carbons (Fsp3) is 0.571. The van der Waals surface area contributed by atoms with Crippen LogP contribution in [0.4, 0.5) is 0 Å². The van der Waals surface area contributed by atoms with E-state index in [1.165, 1.54) is 56.9 Å². The predicted molar refractivity (Wildman–Crippen MR) is 99.4 cm³/mol. The second-order valence-electron chi connectivity index (χ2n) is 7.34. The van der Waals surface area contributed by atoms with Crippen LogP contribution in [0.15, 0.2) is 35.3 Å². The van der Waals surface area contributed by atoms with Crippen LogP contribution in [0.2, 0.25) is 0 Å². The fourth-order valence-electron chi connectivity index (χ4n) is 4.67. The minimum absolute atomic E-state index is 0.715. The van der Waals surface area contributed by atoms with Crippen LogP contribution in [0.1, 0.15) is 68.4 Å². The van der Waals surface area contributed by atoms with Gasteiger partial charge in [-0.15, -0.1) is 0 Å². The molecule has 0 saturated heterocycles. The molecule has 2 aliphatic carbocycles. The third-order valence-electron chi connectivity index (χ3n) is 6.11. The first-order valence-electron chi connectivity index (χ1n) is 9.07. The molecular weight excluding hydrogens is 346 g/mol. The Bertz CT molecular complexity index is 552. The third kappa shape index (κ3) is 4.27. The third-order valence-corrected chi connectivity index (χ3v) is 6.42. The van der Waals surface area contributed by atoms with Crippen molar-refractivity contribution in [2.75, 3.05) is 0 Å². The lowest BCUT2D eigenvalue weighted by Gasteiger charge is -2.37. The predicted octanol–water partition coefficient (Wildman–Crippen LogP) is 6.55. The van der Waals surface area contributed by atoms with Gasteiger partial charge in [0, 0.05) is 0 Å². The van der Waals surface area contributed by atoms with Gasteiger partial charge in [0.15, 0.2) is 0 Å². The SMILES string of the molecule is N#Cc1ccc(C2CCC([C@H]3CC[C@H](/C=C/Br)CC3)CC2)cc1. The number of rotatable bonds is 3. The largest absolute Gasteiger partial charge is 0.192 e. The van der Waals surface area contributed by atoms with Gasteiger partial charge < -0.3 is 0 Å². The number of allylic oxidation sites excluding steroid dienone is 1. The van der Waals surface area contributed by atoms with Gasteiger partial charge in [-0.2, -0.15) is 5.26 Å². The van der Waals surface area contributed by atoms with E-state index < -0.39 is 0 Å². The Morgan fingerprint density at radius 3 is 1.96 bits per heavy atom. The lowest BCUT2D eigenvalue weighted by Crippen LogP contribution is -2.25. The molecule has 0 unspecified atom stereocenters. The molecule has 2 fully saturated rings.